The molecule has 3 aromatic carbocycles. The van der Waals surface area contributed by atoms with Crippen molar-refractivity contribution in [3.05, 3.63) is 83.7 Å². The molecule has 1 atom stereocenters. The number of rotatable bonds is 7. The van der Waals surface area contributed by atoms with Gasteiger partial charge in [-0.2, -0.15) is 0 Å². The Morgan fingerprint density at radius 2 is 1.68 bits per heavy atom. The van der Waals surface area contributed by atoms with Crippen molar-refractivity contribution in [3.63, 3.8) is 0 Å². The highest BCUT2D eigenvalue weighted by molar-refractivity contribution is 5.43. The average Bonchev–Trinajstić information content (AvgIpc) is 2.79. The van der Waals surface area contributed by atoms with Crippen LogP contribution in [0.2, 0.25) is 0 Å². The third kappa shape index (κ3) is 5.47. The van der Waals surface area contributed by atoms with Crippen molar-refractivity contribution in [1.29, 1.82) is 0 Å². The van der Waals surface area contributed by atoms with Crippen LogP contribution in [0.1, 0.15) is 30.1 Å². The van der Waals surface area contributed by atoms with Gasteiger partial charge in [0.25, 0.3) is 0 Å². The Morgan fingerprint density at radius 3 is 2.42 bits per heavy atom. The summed E-state index contributed by atoms with van der Waals surface area (Å²) < 4.78 is 26.3. The van der Waals surface area contributed by atoms with Crippen LogP contribution >= 0.6 is 0 Å². The number of ether oxygens (including phenoxy) is 2. The Kier molecular flexibility index (Phi) is 6.57. The van der Waals surface area contributed by atoms with E-state index in [1.807, 2.05) is 30.3 Å². The molecule has 31 heavy (non-hydrogen) atoms. The fraction of sp³-hybridized carbons (Fsp3) is 0.280. The van der Waals surface area contributed by atoms with E-state index in [0.717, 1.165) is 31.5 Å². The smallest absolute Gasteiger partial charge is 0.161 e. The molecule has 0 amide bonds. The van der Waals surface area contributed by atoms with Crippen LogP contribution in [-0.2, 0) is 6.61 Å². The van der Waals surface area contributed by atoms with Gasteiger partial charge in [-0.3, -0.25) is 0 Å². The molecule has 0 radical (unpaired) electrons. The Balaban J connectivity index is 1.52. The number of halogens is 1. The highest BCUT2D eigenvalue weighted by Crippen LogP contribution is 2.34. The van der Waals surface area contributed by atoms with Gasteiger partial charge in [0.1, 0.15) is 30.0 Å². The van der Waals surface area contributed by atoms with Gasteiger partial charge in [-0.25, -0.2) is 4.39 Å². The van der Waals surface area contributed by atoms with Crippen LogP contribution in [0.25, 0.3) is 0 Å². The third-order valence-electron chi connectivity index (χ3n) is 5.49. The van der Waals surface area contributed by atoms with E-state index in [1.54, 1.807) is 6.07 Å². The van der Waals surface area contributed by atoms with E-state index >= 15 is 0 Å². The lowest BCUT2D eigenvalue weighted by Crippen LogP contribution is -2.32. The van der Waals surface area contributed by atoms with Crippen LogP contribution in [0.3, 0.4) is 0 Å². The predicted octanol–water partition coefficient (Wildman–Crippen LogP) is 4.94. The first-order valence-electron chi connectivity index (χ1n) is 10.4. The van der Waals surface area contributed by atoms with E-state index in [4.69, 9.17) is 9.47 Å². The highest BCUT2D eigenvalue weighted by atomic mass is 19.1. The summed E-state index contributed by atoms with van der Waals surface area (Å²) in [5.41, 5.74) is 1.69. The predicted molar refractivity (Wildman–Crippen MR) is 116 cm³/mol. The summed E-state index contributed by atoms with van der Waals surface area (Å²) in [4.78, 5) is 0. The monoisotopic (exact) mass is 423 g/mol. The second-order valence-electron chi connectivity index (χ2n) is 7.77. The molecule has 3 N–H and O–H groups in total. The summed E-state index contributed by atoms with van der Waals surface area (Å²) in [6.45, 7) is 1.99. The molecular formula is C25H26FNO4. The average molecular weight is 423 g/mol. The molecule has 1 heterocycles. The van der Waals surface area contributed by atoms with E-state index in [1.165, 1.54) is 30.3 Å². The van der Waals surface area contributed by atoms with Crippen molar-refractivity contribution >= 4 is 0 Å². The van der Waals surface area contributed by atoms with Crippen molar-refractivity contribution in [2.24, 2.45) is 5.92 Å². The number of phenolic OH excluding ortho intramolecular Hbond substituents is 2. The minimum atomic E-state index is -0.401. The van der Waals surface area contributed by atoms with E-state index in [9.17, 15) is 14.6 Å². The van der Waals surface area contributed by atoms with E-state index < -0.39 is 5.82 Å². The lowest BCUT2D eigenvalue weighted by Gasteiger charge is -2.31. The summed E-state index contributed by atoms with van der Waals surface area (Å²) in [6, 6.07) is 18.8. The molecule has 0 aromatic heterocycles. The van der Waals surface area contributed by atoms with Crippen LogP contribution in [0, 0.1) is 11.7 Å². The lowest BCUT2D eigenvalue weighted by molar-refractivity contribution is 0.112. The zero-order chi connectivity index (χ0) is 21.6. The molecule has 162 valence electrons. The Morgan fingerprint density at radius 1 is 0.903 bits per heavy atom. The standard InChI is InChI=1S/C25H26FNO4/c26-20-12-17(16-30-21-6-7-23(28)24(29)15-21)13-22(14-20)31-25(18-4-2-1-3-5-18)19-8-10-27-11-9-19/h1-7,12-15,19,25,27-29H,8-11,16H2. The Hall–Kier alpha value is -3.25. The molecule has 5 nitrogen and oxygen atoms in total. The number of benzene rings is 3. The number of phenols is 2. The summed E-state index contributed by atoms with van der Waals surface area (Å²) in [5.74, 6) is 0.277. The molecule has 0 aliphatic carbocycles. The number of hydrogen-bond acceptors (Lipinski definition) is 5. The van der Waals surface area contributed by atoms with Crippen LogP contribution in [-0.4, -0.2) is 23.3 Å². The largest absolute Gasteiger partial charge is 0.504 e. The first-order chi connectivity index (χ1) is 15.1. The van der Waals surface area contributed by atoms with E-state index in [2.05, 4.69) is 5.32 Å². The first kappa shape index (κ1) is 21.0. The fourth-order valence-electron chi connectivity index (χ4n) is 3.90. The number of nitrogens with one attached hydrogen (secondary N) is 1. The van der Waals surface area contributed by atoms with E-state index in [0.29, 0.717) is 23.0 Å². The summed E-state index contributed by atoms with van der Waals surface area (Å²) >= 11 is 0. The van der Waals surface area contributed by atoms with Crippen LogP contribution in [0.5, 0.6) is 23.0 Å². The maximum Gasteiger partial charge on any atom is 0.161 e. The van der Waals surface area contributed by atoms with Crippen molar-refractivity contribution in [3.8, 4) is 23.0 Å². The minimum Gasteiger partial charge on any atom is -0.504 e. The molecule has 1 unspecified atom stereocenters. The molecule has 3 aromatic rings. The van der Waals surface area contributed by atoms with Crippen LogP contribution < -0.4 is 14.8 Å². The second kappa shape index (κ2) is 9.71. The molecule has 1 saturated heterocycles. The van der Waals surface area contributed by atoms with Crippen molar-refractivity contribution in [2.75, 3.05) is 13.1 Å². The Labute approximate surface area is 181 Å². The Bertz CT molecular complexity index is 1010. The molecule has 6 heteroatoms. The van der Waals surface area contributed by atoms with Gasteiger partial charge in [-0.05, 0) is 61.3 Å². The van der Waals surface area contributed by atoms with Gasteiger partial charge >= 0.3 is 0 Å². The number of hydrogen-bond donors (Lipinski definition) is 3. The van der Waals surface area contributed by atoms with Gasteiger partial charge in [0.15, 0.2) is 11.5 Å². The van der Waals surface area contributed by atoms with Gasteiger partial charge in [0.05, 0.1) is 0 Å². The van der Waals surface area contributed by atoms with Gasteiger partial charge in [-0.1, -0.05) is 30.3 Å². The number of aromatic hydroxyl groups is 2. The lowest BCUT2D eigenvalue weighted by atomic mass is 9.88. The van der Waals surface area contributed by atoms with Gasteiger partial charge < -0.3 is 25.0 Å². The van der Waals surface area contributed by atoms with Crippen LogP contribution in [0.15, 0.2) is 66.7 Å². The quantitative estimate of drug-likeness (QED) is 0.470. The molecule has 0 saturated carbocycles. The molecule has 1 aliphatic heterocycles. The van der Waals surface area contributed by atoms with Crippen LogP contribution in [0.4, 0.5) is 4.39 Å². The van der Waals surface area contributed by atoms with Crippen molar-refractivity contribution in [1.82, 2.24) is 5.32 Å². The molecule has 1 aliphatic rings. The summed E-state index contributed by atoms with van der Waals surface area (Å²) in [7, 11) is 0. The SMILES string of the molecule is Oc1ccc(OCc2cc(F)cc(OC(c3ccccc3)C3CCNCC3)c2)cc1O. The topological polar surface area (TPSA) is 71.0 Å². The third-order valence-corrected chi connectivity index (χ3v) is 5.49. The van der Waals surface area contributed by atoms with Gasteiger partial charge in [0.2, 0.25) is 0 Å². The molecule has 0 bridgehead atoms. The van der Waals surface area contributed by atoms with Crippen molar-refractivity contribution < 1.29 is 24.1 Å². The minimum absolute atomic E-state index is 0.0989. The maximum absolute atomic E-state index is 14.3. The zero-order valence-electron chi connectivity index (χ0n) is 17.1. The summed E-state index contributed by atoms with van der Waals surface area (Å²) in [5, 5.41) is 22.4. The maximum atomic E-state index is 14.3. The number of piperidine rings is 1. The van der Waals surface area contributed by atoms with Gasteiger partial charge in [0, 0.05) is 18.1 Å². The van der Waals surface area contributed by atoms with E-state index in [-0.39, 0.29) is 24.2 Å². The molecule has 1 fully saturated rings. The molecular weight excluding hydrogens is 397 g/mol. The summed E-state index contributed by atoms with van der Waals surface area (Å²) in [6.07, 6.45) is 1.83. The normalized spacial score (nSPS) is 15.4. The fourth-order valence-corrected chi connectivity index (χ4v) is 3.90. The van der Waals surface area contributed by atoms with Gasteiger partial charge in [-0.15, -0.1) is 0 Å². The van der Waals surface area contributed by atoms with Crippen molar-refractivity contribution in [2.45, 2.75) is 25.6 Å². The zero-order valence-corrected chi connectivity index (χ0v) is 17.1. The second-order valence-corrected chi connectivity index (χ2v) is 7.77. The molecule has 4 rings (SSSR count). The first-order valence-corrected chi connectivity index (χ1v) is 10.4. The highest BCUT2D eigenvalue weighted by Gasteiger charge is 2.27. The molecule has 0 spiro atoms.